The number of hydrogen-bond donors (Lipinski definition) is 1. The van der Waals surface area contributed by atoms with Crippen molar-refractivity contribution in [2.24, 2.45) is 0 Å². The van der Waals surface area contributed by atoms with E-state index in [-0.39, 0.29) is 11.7 Å². The second kappa shape index (κ2) is 8.27. The Morgan fingerprint density at radius 1 is 1.32 bits per heavy atom. The molecule has 4 nitrogen and oxygen atoms in total. The number of carbonyl (C=O) groups is 1. The molecule has 1 aromatic carbocycles. The lowest BCUT2D eigenvalue weighted by Gasteiger charge is -2.07. The van der Waals surface area contributed by atoms with Crippen molar-refractivity contribution in [1.29, 1.82) is 0 Å². The van der Waals surface area contributed by atoms with Gasteiger partial charge >= 0.3 is 0 Å². The van der Waals surface area contributed by atoms with Gasteiger partial charge in [0.25, 0.3) is 0 Å². The molecule has 1 aromatic heterocycles. The van der Waals surface area contributed by atoms with E-state index in [1.54, 1.807) is 37.6 Å². The second-order valence-corrected chi connectivity index (χ2v) is 6.21. The van der Waals surface area contributed by atoms with Crippen LogP contribution in [0.15, 0.2) is 41.4 Å². The molecule has 0 aliphatic rings. The molecule has 0 saturated carbocycles. The molecule has 2 aromatic rings. The minimum atomic E-state index is -0.0862. The van der Waals surface area contributed by atoms with Gasteiger partial charge in [-0.25, -0.2) is 4.98 Å². The molecule has 0 spiro atoms. The van der Waals surface area contributed by atoms with Crippen molar-refractivity contribution < 1.29 is 9.53 Å². The Morgan fingerprint density at radius 2 is 2.14 bits per heavy atom. The molecule has 2 rings (SSSR count). The summed E-state index contributed by atoms with van der Waals surface area (Å²) in [4.78, 5) is 16.7. The number of carbonyl (C=O) groups excluding carboxylic acids is 1. The lowest BCUT2D eigenvalue weighted by molar-refractivity contribution is -0.118. The summed E-state index contributed by atoms with van der Waals surface area (Å²) in [5.74, 6) is 0.724. The minimum absolute atomic E-state index is 0.0862. The number of methoxy groups -OCH3 is 1. The molecule has 0 aliphatic heterocycles. The van der Waals surface area contributed by atoms with Gasteiger partial charge in [0.05, 0.1) is 17.9 Å². The minimum Gasteiger partial charge on any atom is -0.481 e. The number of amides is 1. The largest absolute Gasteiger partial charge is 0.481 e. The highest BCUT2D eigenvalue weighted by Crippen LogP contribution is 2.29. The van der Waals surface area contributed by atoms with E-state index in [1.165, 1.54) is 11.8 Å². The monoisotopic (exact) mass is 356 g/mol. The summed E-state index contributed by atoms with van der Waals surface area (Å²) in [6.07, 6.45) is 1.67. The fraction of sp³-hybridized carbons (Fsp3) is 0.200. The van der Waals surface area contributed by atoms with Gasteiger partial charge < -0.3 is 10.1 Å². The first-order chi connectivity index (χ1) is 10.6. The predicted octanol–water partition coefficient (Wildman–Crippen LogP) is 3.81. The zero-order chi connectivity index (χ0) is 15.9. The zero-order valence-corrected chi connectivity index (χ0v) is 14.1. The Bertz CT molecular complexity index is 650. The van der Waals surface area contributed by atoms with Crippen molar-refractivity contribution >= 4 is 40.9 Å². The maximum Gasteiger partial charge on any atom is 0.230 e. The number of halogens is 2. The maximum atomic E-state index is 11.9. The average Bonchev–Trinajstić information content (AvgIpc) is 2.54. The fourth-order valence-electron chi connectivity index (χ4n) is 1.62. The lowest BCUT2D eigenvalue weighted by atomic mass is 10.3. The highest BCUT2D eigenvalue weighted by atomic mass is 35.5. The first-order valence-corrected chi connectivity index (χ1v) is 8.16. The van der Waals surface area contributed by atoms with E-state index < -0.39 is 0 Å². The van der Waals surface area contributed by atoms with Gasteiger partial charge in [-0.15, -0.1) is 11.8 Å². The first kappa shape index (κ1) is 16.9. The number of pyridine rings is 1. The maximum absolute atomic E-state index is 11.9. The molecule has 0 fully saturated rings. The molecular formula is C15H14Cl2N2O2S. The van der Waals surface area contributed by atoms with Gasteiger partial charge in [-0.1, -0.05) is 29.3 Å². The molecular weight excluding hydrogens is 343 g/mol. The topological polar surface area (TPSA) is 51.2 Å². The SMILES string of the molecule is COc1ccc(CNC(=O)CSc2cc(Cl)ccc2Cl)cn1. The molecule has 22 heavy (non-hydrogen) atoms. The number of hydrogen-bond acceptors (Lipinski definition) is 4. The summed E-state index contributed by atoms with van der Waals surface area (Å²) < 4.78 is 4.98. The van der Waals surface area contributed by atoms with Crippen LogP contribution >= 0.6 is 35.0 Å². The average molecular weight is 357 g/mol. The van der Waals surface area contributed by atoms with Crippen LogP contribution < -0.4 is 10.1 Å². The van der Waals surface area contributed by atoms with E-state index >= 15 is 0 Å². The van der Waals surface area contributed by atoms with E-state index in [0.29, 0.717) is 22.5 Å². The van der Waals surface area contributed by atoms with E-state index in [0.717, 1.165) is 10.5 Å². The predicted molar refractivity (Wildman–Crippen MR) is 89.8 cm³/mol. The number of aromatic nitrogens is 1. The van der Waals surface area contributed by atoms with Crippen molar-refractivity contribution in [3.8, 4) is 5.88 Å². The van der Waals surface area contributed by atoms with Gasteiger partial charge in [0.2, 0.25) is 11.8 Å². The summed E-state index contributed by atoms with van der Waals surface area (Å²) in [6.45, 7) is 0.416. The molecule has 0 bridgehead atoms. The Hall–Kier alpha value is -1.43. The summed E-state index contributed by atoms with van der Waals surface area (Å²) in [5.41, 5.74) is 0.903. The van der Waals surface area contributed by atoms with E-state index in [1.807, 2.05) is 6.07 Å². The van der Waals surface area contributed by atoms with Crippen LogP contribution in [0.25, 0.3) is 0 Å². The molecule has 0 atom stereocenters. The number of nitrogens with one attached hydrogen (secondary N) is 1. The van der Waals surface area contributed by atoms with Crippen LogP contribution in [0.5, 0.6) is 5.88 Å². The lowest BCUT2D eigenvalue weighted by Crippen LogP contribution is -2.24. The Labute approximate surface area is 143 Å². The van der Waals surface area contributed by atoms with Gasteiger partial charge in [0.1, 0.15) is 0 Å². The molecule has 7 heteroatoms. The molecule has 116 valence electrons. The molecule has 0 radical (unpaired) electrons. The van der Waals surface area contributed by atoms with Gasteiger partial charge in [-0.3, -0.25) is 4.79 Å². The van der Waals surface area contributed by atoms with Crippen LogP contribution in [0.2, 0.25) is 10.0 Å². The van der Waals surface area contributed by atoms with Gasteiger partial charge in [0.15, 0.2) is 0 Å². The quantitative estimate of drug-likeness (QED) is 0.799. The van der Waals surface area contributed by atoms with E-state index in [4.69, 9.17) is 27.9 Å². The Morgan fingerprint density at radius 3 is 2.82 bits per heavy atom. The second-order valence-electron chi connectivity index (χ2n) is 4.35. The summed E-state index contributed by atoms with van der Waals surface area (Å²) >= 11 is 13.3. The van der Waals surface area contributed by atoms with Crippen LogP contribution in [-0.4, -0.2) is 23.8 Å². The molecule has 1 amide bonds. The highest BCUT2D eigenvalue weighted by Gasteiger charge is 2.07. The summed E-state index contributed by atoms with van der Waals surface area (Å²) in [7, 11) is 1.56. The van der Waals surface area contributed by atoms with Crippen molar-refractivity contribution in [2.75, 3.05) is 12.9 Å². The molecule has 0 unspecified atom stereocenters. The van der Waals surface area contributed by atoms with E-state index in [9.17, 15) is 4.79 Å². The number of rotatable bonds is 6. The van der Waals surface area contributed by atoms with Crippen molar-refractivity contribution in [2.45, 2.75) is 11.4 Å². The standard InChI is InChI=1S/C15H14Cl2N2O2S/c1-21-15-5-2-10(8-19-15)7-18-14(20)9-22-13-6-11(16)3-4-12(13)17/h2-6,8H,7,9H2,1H3,(H,18,20). The van der Waals surface area contributed by atoms with Crippen LogP contribution in [0, 0.1) is 0 Å². The molecule has 1 heterocycles. The smallest absolute Gasteiger partial charge is 0.230 e. The van der Waals surface area contributed by atoms with Crippen LogP contribution in [0.4, 0.5) is 0 Å². The fourth-order valence-corrected chi connectivity index (χ4v) is 2.94. The van der Waals surface area contributed by atoms with Crippen LogP contribution in [0.3, 0.4) is 0 Å². The van der Waals surface area contributed by atoms with Gasteiger partial charge in [-0.05, 0) is 23.8 Å². The molecule has 0 aliphatic carbocycles. The van der Waals surface area contributed by atoms with Crippen LogP contribution in [0.1, 0.15) is 5.56 Å². The molecule has 1 N–H and O–H groups in total. The number of benzene rings is 1. The highest BCUT2D eigenvalue weighted by molar-refractivity contribution is 8.00. The Balaban J connectivity index is 1.81. The first-order valence-electron chi connectivity index (χ1n) is 6.42. The van der Waals surface area contributed by atoms with Crippen LogP contribution in [-0.2, 0) is 11.3 Å². The number of thioether (sulfide) groups is 1. The van der Waals surface area contributed by atoms with Crippen molar-refractivity contribution in [3.63, 3.8) is 0 Å². The van der Waals surface area contributed by atoms with E-state index in [2.05, 4.69) is 10.3 Å². The van der Waals surface area contributed by atoms with Gasteiger partial charge in [0, 0.05) is 28.7 Å². The molecule has 0 saturated heterocycles. The third-order valence-electron chi connectivity index (χ3n) is 2.75. The number of nitrogens with zero attached hydrogens (tertiary/aromatic N) is 1. The van der Waals surface area contributed by atoms with Crippen molar-refractivity contribution in [1.82, 2.24) is 10.3 Å². The normalized spacial score (nSPS) is 10.3. The zero-order valence-electron chi connectivity index (χ0n) is 11.8. The third kappa shape index (κ3) is 5.09. The number of ether oxygens (including phenoxy) is 1. The Kier molecular flexibility index (Phi) is 6.36. The summed E-state index contributed by atoms with van der Waals surface area (Å²) in [6, 6.07) is 8.78. The third-order valence-corrected chi connectivity index (χ3v) is 4.48. The van der Waals surface area contributed by atoms with Crippen molar-refractivity contribution in [3.05, 3.63) is 52.1 Å². The summed E-state index contributed by atoms with van der Waals surface area (Å²) in [5, 5.41) is 4.00. The van der Waals surface area contributed by atoms with Gasteiger partial charge in [-0.2, -0.15) is 0 Å².